The monoisotopic (exact) mass is 441 g/mol. The Labute approximate surface area is 184 Å². The Bertz CT molecular complexity index is 1030. The Morgan fingerprint density at radius 3 is 2.30 bits per heavy atom. The van der Waals surface area contributed by atoms with Crippen LogP contribution in [0.5, 0.6) is 0 Å². The largest absolute Gasteiger partial charge is 0.416 e. The number of hydrogen-bond donors (Lipinski definition) is 1. The summed E-state index contributed by atoms with van der Waals surface area (Å²) in [4.78, 5) is 6.47. The maximum atomic E-state index is 13.4. The van der Waals surface area contributed by atoms with Crippen LogP contribution in [0.3, 0.4) is 0 Å². The number of anilines is 2. The van der Waals surface area contributed by atoms with E-state index < -0.39 is 31.3 Å². The zero-order chi connectivity index (χ0) is 24.7. The first-order chi connectivity index (χ1) is 15.9. The first-order valence-electron chi connectivity index (χ1n) is 11.8. The Balaban J connectivity index is 1.53. The van der Waals surface area contributed by atoms with Crippen LogP contribution in [0.25, 0.3) is 0 Å². The molecule has 0 saturated carbocycles. The van der Waals surface area contributed by atoms with E-state index >= 15 is 0 Å². The molecule has 2 aliphatic heterocycles. The lowest BCUT2D eigenvalue weighted by Crippen LogP contribution is -2.47. The summed E-state index contributed by atoms with van der Waals surface area (Å²) in [5, 5.41) is 9.25. The number of aliphatic hydroxyl groups excluding tert-OH is 1. The third kappa shape index (κ3) is 4.77. The number of aliphatic hydroxyl groups is 1. The van der Waals surface area contributed by atoms with Gasteiger partial charge in [0.15, 0.2) is 0 Å². The molecular weight excluding hydrogens is 411 g/mol. The highest BCUT2D eigenvalue weighted by Crippen LogP contribution is 2.49. The van der Waals surface area contributed by atoms with Gasteiger partial charge in [-0.3, -0.25) is 4.90 Å². The van der Waals surface area contributed by atoms with Crippen molar-refractivity contribution in [3.63, 3.8) is 0 Å². The van der Waals surface area contributed by atoms with E-state index in [2.05, 4.69) is 0 Å². The number of para-hydroxylation sites is 1. The molecule has 1 saturated heterocycles. The van der Waals surface area contributed by atoms with Gasteiger partial charge in [0.2, 0.25) is 0 Å². The number of nitrogens with zero attached hydrogens (tertiary/aromatic N) is 3. The second-order valence-electron chi connectivity index (χ2n) is 7.10. The maximum Gasteiger partial charge on any atom is 0.416 e. The Morgan fingerprint density at radius 2 is 1.60 bits per heavy atom. The van der Waals surface area contributed by atoms with Gasteiger partial charge < -0.3 is 14.9 Å². The number of β-amino-alcohol motifs (C(OH)–C–C–N with tert-alkyl or cyclic N) is 1. The Hall–Kier alpha value is -1.74. The zero-order valence-corrected chi connectivity index (χ0v) is 17.1. The molecule has 0 bridgehead atoms. The average Bonchev–Trinajstić information content (AvgIpc) is 2.81. The predicted molar refractivity (Wildman–Crippen MR) is 114 cm³/mol. The highest BCUT2D eigenvalue weighted by molar-refractivity contribution is 7.99. The zero-order valence-electron chi connectivity index (χ0n) is 20.3. The van der Waals surface area contributed by atoms with Crippen molar-refractivity contribution in [1.29, 1.82) is 0 Å². The highest BCUT2D eigenvalue weighted by Gasteiger charge is 2.33. The van der Waals surface area contributed by atoms with Crippen LogP contribution >= 0.6 is 11.8 Å². The van der Waals surface area contributed by atoms with Gasteiger partial charge in [0.25, 0.3) is 0 Å². The third-order valence-electron chi connectivity index (χ3n) is 5.20. The lowest BCUT2D eigenvalue weighted by molar-refractivity contribution is -0.137. The van der Waals surface area contributed by atoms with E-state index in [4.69, 9.17) is 5.48 Å². The summed E-state index contributed by atoms with van der Waals surface area (Å²) >= 11 is 1.40. The number of halogens is 3. The van der Waals surface area contributed by atoms with E-state index in [-0.39, 0.29) is 39.1 Å². The molecule has 30 heavy (non-hydrogen) atoms. The van der Waals surface area contributed by atoms with Crippen LogP contribution in [-0.2, 0) is 6.18 Å². The van der Waals surface area contributed by atoms with Gasteiger partial charge in [-0.2, -0.15) is 13.2 Å². The molecule has 2 aliphatic rings. The SMILES string of the molecule is [2H]C([2H])(CO)N1CCN(C([2H])([2H])CCN2c3ccccc3Sc3ccc(C(F)(F)F)cc32)CC1. The summed E-state index contributed by atoms with van der Waals surface area (Å²) in [7, 11) is 0. The highest BCUT2D eigenvalue weighted by atomic mass is 32.2. The molecule has 0 radical (unpaired) electrons. The maximum absolute atomic E-state index is 13.4. The molecule has 2 heterocycles. The van der Waals surface area contributed by atoms with Gasteiger partial charge in [0.1, 0.15) is 0 Å². The van der Waals surface area contributed by atoms with Gasteiger partial charge in [0, 0.05) is 54.5 Å². The predicted octanol–water partition coefficient (Wildman–Crippen LogP) is 4.31. The van der Waals surface area contributed by atoms with Gasteiger partial charge in [-0.1, -0.05) is 23.9 Å². The standard InChI is InChI=1S/C22H26F3N3OS/c23-22(24,25)17-6-7-21-19(16-17)28(18-4-1-2-5-20(18)30-21)9-3-8-26-10-12-27(13-11-26)14-15-29/h1-2,4-7,16,29H,3,8-15H2/i8D2,14D2. The van der Waals surface area contributed by atoms with Gasteiger partial charge in [-0.05, 0) is 43.2 Å². The second kappa shape index (κ2) is 9.18. The van der Waals surface area contributed by atoms with Crippen LogP contribution in [0.1, 0.15) is 17.5 Å². The molecule has 4 nitrogen and oxygen atoms in total. The number of piperazine rings is 1. The Kier molecular flexibility index (Phi) is 5.17. The van der Waals surface area contributed by atoms with Gasteiger partial charge in [0.05, 0.1) is 23.5 Å². The molecule has 8 heteroatoms. The molecule has 2 aromatic carbocycles. The third-order valence-corrected chi connectivity index (χ3v) is 6.33. The minimum Gasteiger partial charge on any atom is -0.395 e. The van der Waals surface area contributed by atoms with Crippen LogP contribution in [0, 0.1) is 0 Å². The lowest BCUT2D eigenvalue weighted by atomic mass is 10.1. The van der Waals surface area contributed by atoms with E-state index in [1.54, 1.807) is 9.80 Å². The van der Waals surface area contributed by atoms with E-state index in [1.165, 1.54) is 22.7 Å². The molecular formula is C22H26F3N3OS. The molecule has 162 valence electrons. The van der Waals surface area contributed by atoms with Crippen molar-refractivity contribution in [2.75, 3.05) is 57.2 Å². The average molecular weight is 442 g/mol. The number of benzene rings is 2. The van der Waals surface area contributed by atoms with E-state index in [0.29, 0.717) is 10.6 Å². The molecule has 0 aliphatic carbocycles. The van der Waals surface area contributed by atoms with Gasteiger partial charge >= 0.3 is 6.18 Å². The summed E-state index contributed by atoms with van der Waals surface area (Å²) in [5.41, 5.74) is 0.417. The molecule has 0 amide bonds. The minimum atomic E-state index is -4.48. The summed E-state index contributed by atoms with van der Waals surface area (Å²) in [6.07, 6.45) is -4.43. The van der Waals surface area contributed by atoms with Crippen LogP contribution in [-0.4, -0.2) is 67.2 Å². The molecule has 1 fully saturated rings. The molecule has 0 atom stereocenters. The van der Waals surface area contributed by atoms with E-state index in [9.17, 15) is 18.3 Å². The van der Waals surface area contributed by atoms with Crippen molar-refractivity contribution in [2.45, 2.75) is 22.4 Å². The van der Waals surface area contributed by atoms with Crippen molar-refractivity contribution < 1.29 is 23.8 Å². The van der Waals surface area contributed by atoms with Crippen LogP contribution in [0.4, 0.5) is 24.5 Å². The number of hydrogen-bond acceptors (Lipinski definition) is 5. The van der Waals surface area contributed by atoms with Crippen LogP contribution < -0.4 is 4.90 Å². The molecule has 2 aromatic rings. The topological polar surface area (TPSA) is 30.0 Å². The summed E-state index contributed by atoms with van der Waals surface area (Å²) in [5.74, 6) is 0. The van der Waals surface area contributed by atoms with Crippen LogP contribution in [0.15, 0.2) is 52.3 Å². The summed E-state index contributed by atoms with van der Waals surface area (Å²) in [6.45, 7) is -2.93. The van der Waals surface area contributed by atoms with E-state index in [0.717, 1.165) is 22.7 Å². The number of rotatable bonds is 6. The first kappa shape index (κ1) is 16.9. The fourth-order valence-corrected chi connectivity index (χ4v) is 4.77. The van der Waals surface area contributed by atoms with Crippen molar-refractivity contribution in [2.24, 2.45) is 0 Å². The van der Waals surface area contributed by atoms with Gasteiger partial charge in [-0.15, -0.1) is 0 Å². The smallest absolute Gasteiger partial charge is 0.395 e. The Morgan fingerprint density at radius 1 is 0.933 bits per heavy atom. The quantitative estimate of drug-likeness (QED) is 0.722. The van der Waals surface area contributed by atoms with Gasteiger partial charge in [-0.25, -0.2) is 0 Å². The number of fused-ring (bicyclic) bond motifs is 2. The normalized spacial score (nSPS) is 20.6. The van der Waals surface area contributed by atoms with Crippen molar-refractivity contribution in [3.05, 3.63) is 48.0 Å². The molecule has 1 N–H and O–H groups in total. The molecule has 0 spiro atoms. The molecule has 0 unspecified atom stereocenters. The summed E-state index contributed by atoms with van der Waals surface area (Å²) < 4.78 is 73.2. The fourth-order valence-electron chi connectivity index (χ4n) is 3.69. The minimum absolute atomic E-state index is 0.0502. The molecule has 4 rings (SSSR count). The number of alkyl halides is 3. The van der Waals surface area contributed by atoms with E-state index in [1.807, 2.05) is 24.3 Å². The fraction of sp³-hybridized carbons (Fsp3) is 0.455. The van der Waals surface area contributed by atoms with Crippen molar-refractivity contribution in [3.8, 4) is 0 Å². The lowest BCUT2D eigenvalue weighted by Gasteiger charge is -2.36. The first-order valence-corrected chi connectivity index (χ1v) is 10.6. The van der Waals surface area contributed by atoms with Crippen molar-refractivity contribution in [1.82, 2.24) is 9.80 Å². The van der Waals surface area contributed by atoms with Crippen molar-refractivity contribution >= 4 is 23.1 Å². The van der Waals surface area contributed by atoms with Crippen LogP contribution in [0.2, 0.25) is 0 Å². The molecule has 0 aromatic heterocycles. The second-order valence-corrected chi connectivity index (χ2v) is 8.18. The summed E-state index contributed by atoms with van der Waals surface area (Å²) in [6, 6.07) is 11.1.